The molecule has 3 rings (SSSR count). The molecule has 0 aliphatic rings. The quantitative estimate of drug-likeness (QED) is 0.772. The highest BCUT2D eigenvalue weighted by atomic mass is 15.0. The van der Waals surface area contributed by atoms with Crippen molar-refractivity contribution in [2.75, 3.05) is 0 Å². The van der Waals surface area contributed by atoms with Gasteiger partial charge in [0.05, 0.1) is 12.1 Å². The number of hydrogen-bond donors (Lipinski definition) is 1. The van der Waals surface area contributed by atoms with Crippen LogP contribution in [0.15, 0.2) is 55.0 Å². The molecule has 0 bridgehead atoms. The van der Waals surface area contributed by atoms with Crippen LogP contribution in [0, 0.1) is 0 Å². The van der Waals surface area contributed by atoms with Crippen LogP contribution in [0.3, 0.4) is 0 Å². The lowest BCUT2D eigenvalue weighted by molar-refractivity contribution is 0.664. The summed E-state index contributed by atoms with van der Waals surface area (Å²) in [7, 11) is 0. The first kappa shape index (κ1) is 11.7. The lowest BCUT2D eigenvalue weighted by Crippen LogP contribution is -2.15. The average molecular weight is 250 g/mol. The molecule has 2 aromatic heterocycles. The van der Waals surface area contributed by atoms with Gasteiger partial charge in [-0.1, -0.05) is 24.3 Å². The highest BCUT2D eigenvalue weighted by molar-refractivity contribution is 5.81. The summed E-state index contributed by atoms with van der Waals surface area (Å²) in [6.07, 6.45) is 5.33. The van der Waals surface area contributed by atoms with E-state index in [9.17, 15) is 0 Å². The molecule has 0 spiro atoms. The fourth-order valence-electron chi connectivity index (χ4n) is 2.04. The van der Waals surface area contributed by atoms with Gasteiger partial charge in [-0.2, -0.15) is 0 Å². The summed E-state index contributed by atoms with van der Waals surface area (Å²) in [5.41, 5.74) is 2.24. The minimum absolute atomic E-state index is 0.657. The fourth-order valence-corrected chi connectivity index (χ4v) is 2.04. The third-order valence-corrected chi connectivity index (χ3v) is 2.93. The second-order valence-electron chi connectivity index (χ2n) is 4.26. The number of benzene rings is 1. The van der Waals surface area contributed by atoms with Crippen LogP contribution < -0.4 is 5.32 Å². The van der Waals surface area contributed by atoms with Crippen molar-refractivity contribution >= 4 is 10.9 Å². The van der Waals surface area contributed by atoms with Crippen LogP contribution in [0.4, 0.5) is 0 Å². The number of hydrogen-bond acceptors (Lipinski definition) is 4. The average Bonchev–Trinajstić information content (AvgIpc) is 2.49. The molecule has 3 aromatic rings. The molecule has 0 amide bonds. The zero-order valence-electron chi connectivity index (χ0n) is 10.5. The third-order valence-electron chi connectivity index (χ3n) is 2.93. The normalized spacial score (nSPS) is 10.7. The van der Waals surface area contributed by atoms with E-state index in [1.807, 2.05) is 18.3 Å². The predicted octanol–water partition coefficient (Wildman–Crippen LogP) is 2.31. The van der Waals surface area contributed by atoms with Crippen molar-refractivity contribution in [2.45, 2.75) is 13.1 Å². The molecule has 4 heteroatoms. The Morgan fingerprint density at radius 3 is 2.47 bits per heavy atom. The van der Waals surface area contributed by atoms with Crippen LogP contribution in [-0.4, -0.2) is 15.0 Å². The smallest absolute Gasteiger partial charge is 0.141 e. The van der Waals surface area contributed by atoms with E-state index in [2.05, 4.69) is 44.5 Å². The summed E-state index contributed by atoms with van der Waals surface area (Å²) < 4.78 is 0. The molecule has 0 radical (unpaired) electrons. The summed E-state index contributed by atoms with van der Waals surface area (Å²) >= 11 is 0. The van der Waals surface area contributed by atoms with Gasteiger partial charge in [-0.3, -0.25) is 4.98 Å². The van der Waals surface area contributed by atoms with Crippen LogP contribution in [0.2, 0.25) is 0 Å². The minimum atomic E-state index is 0.657. The molecule has 94 valence electrons. The molecule has 0 fully saturated rings. The first-order valence-electron chi connectivity index (χ1n) is 6.23. The van der Waals surface area contributed by atoms with E-state index in [4.69, 9.17) is 0 Å². The van der Waals surface area contributed by atoms with Crippen molar-refractivity contribution in [3.8, 4) is 0 Å². The molecule has 1 aromatic carbocycles. The predicted molar refractivity (Wildman–Crippen MR) is 74.3 cm³/mol. The number of aromatic nitrogens is 3. The maximum absolute atomic E-state index is 4.44. The summed E-state index contributed by atoms with van der Waals surface area (Å²) in [5.74, 6) is 0.802. The monoisotopic (exact) mass is 250 g/mol. The van der Waals surface area contributed by atoms with Gasteiger partial charge in [0, 0.05) is 30.5 Å². The number of nitrogens with zero attached hydrogens (tertiary/aromatic N) is 3. The fraction of sp³-hybridized carbons (Fsp3) is 0.133. The van der Waals surface area contributed by atoms with E-state index < -0.39 is 0 Å². The Kier molecular flexibility index (Phi) is 3.42. The van der Waals surface area contributed by atoms with Gasteiger partial charge in [0.2, 0.25) is 0 Å². The third kappa shape index (κ3) is 2.74. The minimum Gasteiger partial charge on any atom is -0.306 e. The highest BCUT2D eigenvalue weighted by Gasteiger charge is 2.01. The van der Waals surface area contributed by atoms with E-state index in [-0.39, 0.29) is 0 Å². The molecule has 0 saturated carbocycles. The maximum Gasteiger partial charge on any atom is 0.141 e. The van der Waals surface area contributed by atoms with Crippen LogP contribution in [-0.2, 0) is 13.1 Å². The van der Waals surface area contributed by atoms with E-state index >= 15 is 0 Å². The van der Waals surface area contributed by atoms with E-state index in [0.717, 1.165) is 23.3 Å². The Morgan fingerprint density at radius 2 is 1.58 bits per heavy atom. The number of para-hydroxylation sites is 1. The van der Waals surface area contributed by atoms with Crippen LogP contribution in [0.5, 0.6) is 0 Å². The van der Waals surface area contributed by atoms with E-state index in [1.54, 1.807) is 12.4 Å². The molecule has 0 atom stereocenters. The first-order valence-corrected chi connectivity index (χ1v) is 6.23. The molecule has 19 heavy (non-hydrogen) atoms. The molecular formula is C15H14N4. The molecule has 0 saturated heterocycles. The molecule has 4 nitrogen and oxygen atoms in total. The SMILES string of the molecule is c1cnc(CNCc2cccc3cccnc23)nc1. The van der Waals surface area contributed by atoms with Crippen molar-refractivity contribution in [3.63, 3.8) is 0 Å². The standard InChI is InChI=1S/C15H14N4/c1-4-12-6-2-7-19-15(12)13(5-1)10-16-11-14-17-8-3-9-18-14/h1-9,16H,10-11H2. The molecule has 0 aliphatic heterocycles. The van der Waals surface area contributed by atoms with Crippen LogP contribution in [0.25, 0.3) is 10.9 Å². The Balaban J connectivity index is 1.72. The summed E-state index contributed by atoms with van der Waals surface area (Å²) in [5, 5.41) is 4.51. The van der Waals surface area contributed by atoms with Crippen molar-refractivity contribution < 1.29 is 0 Å². The Labute approximate surface area is 111 Å². The van der Waals surface area contributed by atoms with Gasteiger partial charge in [0.25, 0.3) is 0 Å². The summed E-state index contributed by atoms with van der Waals surface area (Å²) in [6, 6.07) is 12.1. The first-order chi connectivity index (χ1) is 9.43. The topological polar surface area (TPSA) is 50.7 Å². The van der Waals surface area contributed by atoms with Crippen molar-refractivity contribution in [1.29, 1.82) is 0 Å². The molecule has 0 aliphatic carbocycles. The lowest BCUT2D eigenvalue weighted by Gasteiger charge is -2.06. The molecule has 1 N–H and O–H groups in total. The van der Waals surface area contributed by atoms with Gasteiger partial charge in [-0.25, -0.2) is 9.97 Å². The second-order valence-corrected chi connectivity index (χ2v) is 4.26. The number of pyridine rings is 1. The van der Waals surface area contributed by atoms with Gasteiger partial charge in [-0.05, 0) is 17.7 Å². The lowest BCUT2D eigenvalue weighted by atomic mass is 10.1. The molecule has 0 unspecified atom stereocenters. The number of rotatable bonds is 4. The second kappa shape index (κ2) is 5.54. The van der Waals surface area contributed by atoms with Crippen LogP contribution >= 0.6 is 0 Å². The van der Waals surface area contributed by atoms with Gasteiger partial charge >= 0.3 is 0 Å². The van der Waals surface area contributed by atoms with E-state index in [0.29, 0.717) is 6.54 Å². The van der Waals surface area contributed by atoms with Crippen molar-refractivity contribution in [2.24, 2.45) is 0 Å². The van der Waals surface area contributed by atoms with Crippen LogP contribution in [0.1, 0.15) is 11.4 Å². The van der Waals surface area contributed by atoms with Gasteiger partial charge in [-0.15, -0.1) is 0 Å². The zero-order valence-corrected chi connectivity index (χ0v) is 10.5. The largest absolute Gasteiger partial charge is 0.306 e. The van der Waals surface area contributed by atoms with Crippen molar-refractivity contribution in [1.82, 2.24) is 20.3 Å². The summed E-state index contributed by atoms with van der Waals surface area (Å²) in [6.45, 7) is 1.41. The Morgan fingerprint density at radius 1 is 0.789 bits per heavy atom. The highest BCUT2D eigenvalue weighted by Crippen LogP contribution is 2.15. The Hall–Kier alpha value is -2.33. The molecular weight excluding hydrogens is 236 g/mol. The number of fused-ring (bicyclic) bond motifs is 1. The van der Waals surface area contributed by atoms with Gasteiger partial charge in [0.15, 0.2) is 0 Å². The van der Waals surface area contributed by atoms with E-state index in [1.165, 1.54) is 5.56 Å². The van der Waals surface area contributed by atoms with Gasteiger partial charge < -0.3 is 5.32 Å². The Bertz CT molecular complexity index is 662. The number of nitrogens with one attached hydrogen (secondary N) is 1. The zero-order chi connectivity index (χ0) is 12.9. The maximum atomic E-state index is 4.44. The molecule has 2 heterocycles. The van der Waals surface area contributed by atoms with Crippen molar-refractivity contribution in [3.05, 3.63) is 66.4 Å². The van der Waals surface area contributed by atoms with Gasteiger partial charge in [0.1, 0.15) is 5.82 Å². The summed E-state index contributed by atoms with van der Waals surface area (Å²) in [4.78, 5) is 12.8.